The van der Waals surface area contributed by atoms with Gasteiger partial charge < -0.3 is 15.5 Å². The molecule has 1 aromatic heterocycles. The van der Waals surface area contributed by atoms with Crippen LogP contribution in [0.2, 0.25) is 0 Å². The van der Waals surface area contributed by atoms with Crippen molar-refractivity contribution in [3.63, 3.8) is 0 Å². The van der Waals surface area contributed by atoms with E-state index in [9.17, 15) is 20.0 Å². The van der Waals surface area contributed by atoms with Gasteiger partial charge in [0.15, 0.2) is 0 Å². The number of anilines is 1. The maximum Gasteiger partial charge on any atom is 0.339 e. The van der Waals surface area contributed by atoms with Gasteiger partial charge in [-0.1, -0.05) is 13.3 Å². The summed E-state index contributed by atoms with van der Waals surface area (Å²) in [7, 11) is 0. The van der Waals surface area contributed by atoms with Crippen LogP contribution in [0, 0.1) is 10.1 Å². The third-order valence-electron chi connectivity index (χ3n) is 2.74. The van der Waals surface area contributed by atoms with Crippen LogP contribution in [0.3, 0.4) is 0 Å². The quantitative estimate of drug-likeness (QED) is 0.513. The Morgan fingerprint density at radius 3 is 2.75 bits per heavy atom. The molecule has 0 amide bonds. The van der Waals surface area contributed by atoms with Gasteiger partial charge in [-0.3, -0.25) is 10.1 Å². The van der Waals surface area contributed by atoms with Gasteiger partial charge in [-0.25, -0.2) is 9.78 Å². The van der Waals surface area contributed by atoms with Crippen LogP contribution in [0.4, 0.5) is 11.5 Å². The maximum absolute atomic E-state index is 11.1. The second-order valence-corrected chi connectivity index (χ2v) is 4.75. The fourth-order valence-electron chi connectivity index (χ4n) is 1.76. The molecular formula is C12H17N3O5. The van der Waals surface area contributed by atoms with Gasteiger partial charge >= 0.3 is 5.97 Å². The molecule has 3 N–H and O–H groups in total. The Kier molecular flexibility index (Phi) is 4.98. The summed E-state index contributed by atoms with van der Waals surface area (Å²) in [5.41, 5.74) is -1.70. The van der Waals surface area contributed by atoms with E-state index < -0.39 is 22.2 Å². The normalized spacial score (nSPS) is 13.6. The number of aliphatic hydroxyl groups is 1. The first-order valence-corrected chi connectivity index (χ1v) is 6.11. The van der Waals surface area contributed by atoms with Crippen molar-refractivity contribution in [2.45, 2.75) is 32.3 Å². The van der Waals surface area contributed by atoms with E-state index in [-0.39, 0.29) is 17.9 Å². The van der Waals surface area contributed by atoms with E-state index in [0.29, 0.717) is 6.42 Å². The van der Waals surface area contributed by atoms with E-state index in [1.807, 2.05) is 6.92 Å². The molecular weight excluding hydrogens is 266 g/mol. The smallest absolute Gasteiger partial charge is 0.339 e. The molecule has 1 unspecified atom stereocenters. The van der Waals surface area contributed by atoms with Gasteiger partial charge in [0.25, 0.3) is 5.69 Å². The molecule has 0 bridgehead atoms. The summed E-state index contributed by atoms with van der Waals surface area (Å²) < 4.78 is 0. The van der Waals surface area contributed by atoms with Gasteiger partial charge in [0.05, 0.1) is 10.5 Å². The van der Waals surface area contributed by atoms with Crippen LogP contribution in [-0.4, -0.2) is 38.2 Å². The van der Waals surface area contributed by atoms with Crippen LogP contribution in [0.15, 0.2) is 12.3 Å². The minimum atomic E-state index is -1.32. The van der Waals surface area contributed by atoms with E-state index in [2.05, 4.69) is 10.3 Å². The molecule has 0 spiro atoms. The standard InChI is InChI=1S/C12H17N3O5/c1-3-4-12(2,18)7-14-10-9(11(16)17)5-8(6-13-10)15(19)20/h5-6,18H,3-4,7H2,1-2H3,(H,13,14)(H,16,17). The Balaban J connectivity index is 2.95. The average Bonchev–Trinajstić information content (AvgIpc) is 2.36. The zero-order valence-electron chi connectivity index (χ0n) is 11.3. The van der Waals surface area contributed by atoms with Gasteiger partial charge in [-0.2, -0.15) is 0 Å². The van der Waals surface area contributed by atoms with Crippen molar-refractivity contribution in [2.75, 3.05) is 11.9 Å². The lowest BCUT2D eigenvalue weighted by Crippen LogP contribution is -2.33. The molecule has 0 aliphatic rings. The van der Waals surface area contributed by atoms with Crippen LogP contribution in [0.25, 0.3) is 0 Å². The van der Waals surface area contributed by atoms with E-state index in [4.69, 9.17) is 5.11 Å². The van der Waals surface area contributed by atoms with Crippen molar-refractivity contribution in [2.24, 2.45) is 0 Å². The highest BCUT2D eigenvalue weighted by atomic mass is 16.6. The molecule has 20 heavy (non-hydrogen) atoms. The SMILES string of the molecule is CCCC(C)(O)CNc1ncc([N+](=O)[O-])cc1C(=O)O. The fraction of sp³-hybridized carbons (Fsp3) is 0.500. The summed E-state index contributed by atoms with van der Waals surface area (Å²) in [5, 5.41) is 32.4. The molecule has 0 fully saturated rings. The number of aromatic nitrogens is 1. The van der Waals surface area contributed by atoms with Gasteiger partial charge in [-0.05, 0) is 13.3 Å². The number of nitrogens with zero attached hydrogens (tertiary/aromatic N) is 2. The van der Waals surface area contributed by atoms with Crippen LogP contribution >= 0.6 is 0 Å². The molecule has 0 saturated heterocycles. The number of hydrogen-bond acceptors (Lipinski definition) is 6. The minimum Gasteiger partial charge on any atom is -0.478 e. The van der Waals surface area contributed by atoms with Crippen LogP contribution in [0.5, 0.6) is 0 Å². The molecule has 1 rings (SSSR count). The van der Waals surface area contributed by atoms with Gasteiger partial charge in [0, 0.05) is 12.6 Å². The number of nitro groups is 1. The number of aromatic carboxylic acids is 1. The van der Waals surface area contributed by atoms with Gasteiger partial charge in [0.2, 0.25) is 0 Å². The lowest BCUT2D eigenvalue weighted by Gasteiger charge is -2.23. The number of carboxylic acids is 1. The first kappa shape index (κ1) is 15.8. The van der Waals surface area contributed by atoms with Crippen molar-refractivity contribution in [1.29, 1.82) is 0 Å². The average molecular weight is 283 g/mol. The molecule has 1 aromatic rings. The minimum absolute atomic E-state index is 0.000483. The number of hydrogen-bond donors (Lipinski definition) is 3. The highest BCUT2D eigenvalue weighted by molar-refractivity contribution is 5.93. The Hall–Kier alpha value is -2.22. The van der Waals surface area contributed by atoms with Crippen molar-refractivity contribution < 1.29 is 19.9 Å². The summed E-state index contributed by atoms with van der Waals surface area (Å²) in [6, 6.07) is 0.937. The zero-order valence-corrected chi connectivity index (χ0v) is 11.3. The van der Waals surface area contributed by atoms with E-state index in [0.717, 1.165) is 18.7 Å². The van der Waals surface area contributed by atoms with Crippen LogP contribution in [0.1, 0.15) is 37.0 Å². The monoisotopic (exact) mass is 283 g/mol. The van der Waals surface area contributed by atoms with E-state index in [1.54, 1.807) is 6.92 Å². The highest BCUT2D eigenvalue weighted by Gasteiger charge is 2.22. The van der Waals surface area contributed by atoms with Crippen molar-refractivity contribution in [3.8, 4) is 0 Å². The highest BCUT2D eigenvalue weighted by Crippen LogP contribution is 2.20. The molecule has 8 nitrogen and oxygen atoms in total. The van der Waals surface area contributed by atoms with Crippen LogP contribution < -0.4 is 5.32 Å². The second kappa shape index (κ2) is 6.29. The maximum atomic E-state index is 11.1. The molecule has 0 radical (unpaired) electrons. The lowest BCUT2D eigenvalue weighted by molar-refractivity contribution is -0.385. The first-order chi connectivity index (χ1) is 9.26. The fourth-order valence-corrected chi connectivity index (χ4v) is 1.76. The third-order valence-corrected chi connectivity index (χ3v) is 2.74. The lowest BCUT2D eigenvalue weighted by atomic mass is 10.0. The number of pyridine rings is 1. The topological polar surface area (TPSA) is 126 Å². The van der Waals surface area contributed by atoms with Crippen molar-refractivity contribution >= 4 is 17.5 Å². The van der Waals surface area contributed by atoms with E-state index in [1.165, 1.54) is 0 Å². The van der Waals surface area contributed by atoms with Crippen LogP contribution in [-0.2, 0) is 0 Å². The third kappa shape index (κ3) is 4.16. The number of nitrogens with one attached hydrogen (secondary N) is 1. The summed E-state index contributed by atoms with van der Waals surface area (Å²) in [4.78, 5) is 24.7. The number of carbonyl (C=O) groups is 1. The second-order valence-electron chi connectivity index (χ2n) is 4.75. The molecule has 1 atom stereocenters. The van der Waals surface area contributed by atoms with Crippen molar-refractivity contribution in [1.82, 2.24) is 4.98 Å². The Morgan fingerprint density at radius 2 is 2.25 bits per heavy atom. The Bertz CT molecular complexity index is 516. The summed E-state index contributed by atoms with van der Waals surface area (Å²) in [6.45, 7) is 3.64. The van der Waals surface area contributed by atoms with Gasteiger partial charge in [-0.15, -0.1) is 0 Å². The number of carboxylic acid groups (broad SMARTS) is 1. The Labute approximate surface area is 115 Å². The number of rotatable bonds is 7. The van der Waals surface area contributed by atoms with Gasteiger partial charge in [0.1, 0.15) is 17.6 Å². The zero-order chi connectivity index (χ0) is 15.3. The van der Waals surface area contributed by atoms with Crippen molar-refractivity contribution in [3.05, 3.63) is 27.9 Å². The molecule has 110 valence electrons. The molecule has 0 aliphatic carbocycles. The molecule has 0 aromatic carbocycles. The Morgan fingerprint density at radius 1 is 1.60 bits per heavy atom. The first-order valence-electron chi connectivity index (χ1n) is 6.11. The van der Waals surface area contributed by atoms with E-state index >= 15 is 0 Å². The predicted molar refractivity (Wildman–Crippen MR) is 71.9 cm³/mol. The molecule has 0 aliphatic heterocycles. The molecule has 1 heterocycles. The molecule has 8 heteroatoms. The predicted octanol–water partition coefficient (Wildman–Crippen LogP) is 1.65. The largest absolute Gasteiger partial charge is 0.478 e. The molecule has 0 saturated carbocycles. The summed E-state index contributed by atoms with van der Waals surface area (Å²) >= 11 is 0. The summed E-state index contributed by atoms with van der Waals surface area (Å²) in [5.74, 6) is -1.32. The summed E-state index contributed by atoms with van der Waals surface area (Å²) in [6.07, 6.45) is 2.28.